The molecular formula is C19H20N2O3S. The lowest BCUT2D eigenvalue weighted by molar-refractivity contribution is 0.581. The zero-order valence-electron chi connectivity index (χ0n) is 14.2. The molecule has 2 aromatic carbocycles. The van der Waals surface area contributed by atoms with Crippen LogP contribution in [0.2, 0.25) is 0 Å². The summed E-state index contributed by atoms with van der Waals surface area (Å²) in [4.78, 5) is 15.4. The molecule has 0 amide bonds. The van der Waals surface area contributed by atoms with E-state index in [9.17, 15) is 13.2 Å². The van der Waals surface area contributed by atoms with Crippen LogP contribution in [-0.2, 0) is 16.4 Å². The average molecular weight is 356 g/mol. The van der Waals surface area contributed by atoms with Gasteiger partial charge in [-0.2, -0.15) is 0 Å². The van der Waals surface area contributed by atoms with E-state index in [2.05, 4.69) is 9.71 Å². The zero-order valence-corrected chi connectivity index (χ0v) is 15.0. The van der Waals surface area contributed by atoms with Gasteiger partial charge in [0.05, 0.1) is 10.4 Å². The molecule has 0 fully saturated rings. The number of fused-ring (bicyclic) bond motifs is 1. The maximum atomic E-state index is 12.3. The van der Waals surface area contributed by atoms with E-state index in [1.165, 1.54) is 12.1 Å². The Morgan fingerprint density at radius 1 is 1.04 bits per heavy atom. The third kappa shape index (κ3) is 3.81. The number of pyridine rings is 1. The van der Waals surface area contributed by atoms with Crippen LogP contribution < -0.4 is 10.3 Å². The van der Waals surface area contributed by atoms with Crippen LogP contribution in [0.1, 0.15) is 16.7 Å². The maximum absolute atomic E-state index is 12.3. The number of nitrogens with one attached hydrogen (secondary N) is 2. The van der Waals surface area contributed by atoms with Crippen molar-refractivity contribution >= 4 is 20.9 Å². The van der Waals surface area contributed by atoms with Crippen molar-refractivity contribution in [3.05, 3.63) is 75.6 Å². The fraction of sp³-hybridized carbons (Fsp3) is 0.211. The van der Waals surface area contributed by atoms with Crippen molar-refractivity contribution < 1.29 is 8.42 Å². The van der Waals surface area contributed by atoms with Gasteiger partial charge >= 0.3 is 0 Å². The molecule has 1 aromatic heterocycles. The van der Waals surface area contributed by atoms with Crippen molar-refractivity contribution in [2.75, 3.05) is 6.54 Å². The van der Waals surface area contributed by atoms with E-state index in [0.717, 1.165) is 22.0 Å². The van der Waals surface area contributed by atoms with Gasteiger partial charge in [0.1, 0.15) is 0 Å². The molecule has 0 aliphatic carbocycles. The van der Waals surface area contributed by atoms with Gasteiger partial charge in [0, 0.05) is 12.1 Å². The molecule has 0 saturated heterocycles. The topological polar surface area (TPSA) is 79.0 Å². The highest BCUT2D eigenvalue weighted by molar-refractivity contribution is 7.89. The molecule has 2 N–H and O–H groups in total. The summed E-state index contributed by atoms with van der Waals surface area (Å²) in [6, 6.07) is 14.1. The van der Waals surface area contributed by atoms with Crippen molar-refractivity contribution in [1.82, 2.24) is 9.71 Å². The Labute approximate surface area is 146 Å². The standard InChI is InChI=1S/C19H20N2O3S/c1-13-10-14(2)18-16(11-13)12-15(19(22)21-18)8-9-20-25(23,24)17-6-4-3-5-7-17/h3-7,10-12,20H,8-9H2,1-2H3,(H,21,22). The fourth-order valence-electron chi connectivity index (χ4n) is 2.92. The molecule has 130 valence electrons. The molecule has 0 bridgehead atoms. The highest BCUT2D eigenvalue weighted by Gasteiger charge is 2.13. The number of aryl methyl sites for hydroxylation is 2. The third-order valence-corrected chi connectivity index (χ3v) is 5.59. The van der Waals surface area contributed by atoms with E-state index in [1.807, 2.05) is 32.0 Å². The zero-order chi connectivity index (χ0) is 18.0. The maximum Gasteiger partial charge on any atom is 0.251 e. The molecular weight excluding hydrogens is 336 g/mol. The lowest BCUT2D eigenvalue weighted by Crippen LogP contribution is -2.27. The molecule has 5 nitrogen and oxygen atoms in total. The average Bonchev–Trinajstić information content (AvgIpc) is 2.57. The van der Waals surface area contributed by atoms with Crippen molar-refractivity contribution in [2.45, 2.75) is 25.2 Å². The highest BCUT2D eigenvalue weighted by atomic mass is 32.2. The summed E-state index contributed by atoms with van der Waals surface area (Å²) in [7, 11) is -3.56. The lowest BCUT2D eigenvalue weighted by Gasteiger charge is -2.08. The lowest BCUT2D eigenvalue weighted by atomic mass is 10.0. The first-order valence-electron chi connectivity index (χ1n) is 8.05. The molecule has 0 saturated carbocycles. The van der Waals surface area contributed by atoms with E-state index >= 15 is 0 Å². The van der Waals surface area contributed by atoms with E-state index < -0.39 is 10.0 Å². The van der Waals surface area contributed by atoms with Gasteiger partial charge in [-0.05, 0) is 55.5 Å². The molecule has 3 aromatic rings. The molecule has 1 heterocycles. The number of benzene rings is 2. The van der Waals surface area contributed by atoms with Gasteiger partial charge in [-0.1, -0.05) is 29.8 Å². The predicted octanol–water partition coefficient (Wildman–Crippen LogP) is 2.67. The Kier molecular flexibility index (Phi) is 4.74. The largest absolute Gasteiger partial charge is 0.321 e. The second kappa shape index (κ2) is 6.82. The van der Waals surface area contributed by atoms with Crippen LogP contribution in [0.4, 0.5) is 0 Å². The number of aromatic nitrogens is 1. The van der Waals surface area contributed by atoms with Crippen LogP contribution >= 0.6 is 0 Å². The summed E-state index contributed by atoms with van der Waals surface area (Å²) < 4.78 is 27.0. The minimum atomic E-state index is -3.56. The fourth-order valence-corrected chi connectivity index (χ4v) is 3.97. The summed E-state index contributed by atoms with van der Waals surface area (Å²) in [6.45, 7) is 4.13. The number of rotatable bonds is 5. The van der Waals surface area contributed by atoms with E-state index in [4.69, 9.17) is 0 Å². The first kappa shape index (κ1) is 17.4. The normalized spacial score (nSPS) is 11.8. The van der Waals surface area contributed by atoms with Gasteiger partial charge in [0.15, 0.2) is 0 Å². The summed E-state index contributed by atoms with van der Waals surface area (Å²) in [5.41, 5.74) is 3.34. The van der Waals surface area contributed by atoms with Crippen molar-refractivity contribution in [1.29, 1.82) is 0 Å². The second-order valence-electron chi connectivity index (χ2n) is 6.13. The Morgan fingerprint density at radius 3 is 2.48 bits per heavy atom. The molecule has 0 aliphatic heterocycles. The van der Waals surface area contributed by atoms with Crippen molar-refractivity contribution in [2.24, 2.45) is 0 Å². The van der Waals surface area contributed by atoms with Gasteiger partial charge in [0.25, 0.3) is 5.56 Å². The van der Waals surface area contributed by atoms with Crippen LogP contribution in [0, 0.1) is 13.8 Å². The summed E-state index contributed by atoms with van der Waals surface area (Å²) in [5, 5.41) is 0.956. The molecule has 0 atom stereocenters. The number of sulfonamides is 1. The minimum absolute atomic E-state index is 0.163. The second-order valence-corrected chi connectivity index (χ2v) is 7.90. The molecule has 0 unspecified atom stereocenters. The van der Waals surface area contributed by atoms with Gasteiger partial charge in [-0.15, -0.1) is 0 Å². The molecule has 0 aliphatic rings. The van der Waals surface area contributed by atoms with Crippen molar-refractivity contribution in [3.63, 3.8) is 0 Å². The van der Waals surface area contributed by atoms with E-state index in [-0.39, 0.29) is 17.0 Å². The summed E-state index contributed by atoms with van der Waals surface area (Å²) >= 11 is 0. The van der Waals surface area contributed by atoms with Crippen LogP contribution in [0.5, 0.6) is 0 Å². The quantitative estimate of drug-likeness (QED) is 0.738. The number of H-pyrrole nitrogens is 1. The van der Waals surface area contributed by atoms with Gasteiger partial charge in [-0.25, -0.2) is 13.1 Å². The van der Waals surface area contributed by atoms with Gasteiger partial charge in [-0.3, -0.25) is 4.79 Å². The summed E-state index contributed by atoms with van der Waals surface area (Å²) in [6.07, 6.45) is 0.324. The Morgan fingerprint density at radius 2 is 1.76 bits per heavy atom. The highest BCUT2D eigenvalue weighted by Crippen LogP contribution is 2.18. The van der Waals surface area contributed by atoms with Crippen LogP contribution in [-0.4, -0.2) is 19.9 Å². The molecule has 0 spiro atoms. The van der Waals surface area contributed by atoms with E-state index in [0.29, 0.717) is 12.0 Å². The smallest absolute Gasteiger partial charge is 0.251 e. The van der Waals surface area contributed by atoms with Crippen LogP contribution in [0.3, 0.4) is 0 Å². The number of aromatic amines is 1. The number of hydrogen-bond donors (Lipinski definition) is 2. The number of hydrogen-bond acceptors (Lipinski definition) is 3. The Bertz CT molecular complexity index is 1070. The third-order valence-electron chi connectivity index (χ3n) is 4.11. The molecule has 25 heavy (non-hydrogen) atoms. The Balaban J connectivity index is 1.80. The van der Waals surface area contributed by atoms with E-state index in [1.54, 1.807) is 18.2 Å². The molecule has 0 radical (unpaired) electrons. The molecule has 6 heteroatoms. The van der Waals surface area contributed by atoms with Gasteiger partial charge < -0.3 is 4.98 Å². The minimum Gasteiger partial charge on any atom is -0.321 e. The van der Waals surface area contributed by atoms with Crippen LogP contribution in [0.25, 0.3) is 10.9 Å². The first-order valence-corrected chi connectivity index (χ1v) is 9.53. The Hall–Kier alpha value is -2.44. The SMILES string of the molecule is Cc1cc(C)c2[nH]c(=O)c(CCNS(=O)(=O)c3ccccc3)cc2c1. The molecule has 3 rings (SSSR count). The predicted molar refractivity (Wildman–Crippen MR) is 99.4 cm³/mol. The van der Waals surface area contributed by atoms with Gasteiger partial charge in [0.2, 0.25) is 10.0 Å². The summed E-state index contributed by atoms with van der Waals surface area (Å²) in [5.74, 6) is 0. The van der Waals surface area contributed by atoms with Crippen molar-refractivity contribution in [3.8, 4) is 0 Å². The first-order chi connectivity index (χ1) is 11.9. The van der Waals surface area contributed by atoms with Crippen LogP contribution in [0.15, 0.2) is 58.2 Å². The monoisotopic (exact) mass is 356 g/mol.